The number of aryl methyl sites for hydroxylation is 1. The first kappa shape index (κ1) is 10.5. The highest BCUT2D eigenvalue weighted by molar-refractivity contribution is 9.09. The second-order valence-corrected chi connectivity index (χ2v) is 3.71. The summed E-state index contributed by atoms with van der Waals surface area (Å²) in [4.78, 5) is 11.3. The molecule has 0 aliphatic heterocycles. The van der Waals surface area contributed by atoms with Crippen LogP contribution in [0.1, 0.15) is 15.9 Å². The zero-order valence-corrected chi connectivity index (χ0v) is 9.45. The summed E-state index contributed by atoms with van der Waals surface area (Å²) in [5, 5.41) is 0.733. The zero-order valence-electron chi connectivity index (χ0n) is 7.10. The Hall–Kier alpha value is -0.540. The third-order valence-corrected chi connectivity index (χ3v) is 2.60. The van der Waals surface area contributed by atoms with E-state index in [0.717, 1.165) is 5.56 Å². The molecule has 0 aliphatic rings. The summed E-state index contributed by atoms with van der Waals surface area (Å²) < 4.78 is 0. The number of benzene rings is 1. The van der Waals surface area contributed by atoms with Crippen molar-refractivity contribution in [2.24, 2.45) is 0 Å². The van der Waals surface area contributed by atoms with E-state index in [9.17, 15) is 4.79 Å². The Morgan fingerprint density at radius 3 is 2.69 bits per heavy atom. The van der Waals surface area contributed by atoms with Gasteiger partial charge in [0.1, 0.15) is 0 Å². The molecule has 0 heterocycles. The van der Waals surface area contributed by atoms with Crippen LogP contribution in [0.2, 0.25) is 5.02 Å². The van der Waals surface area contributed by atoms with E-state index in [1.165, 1.54) is 0 Å². The van der Waals surface area contributed by atoms with Gasteiger partial charge < -0.3 is 5.73 Å². The maximum absolute atomic E-state index is 11.3. The number of hydrogen-bond acceptors (Lipinski definition) is 2. The second kappa shape index (κ2) is 4.11. The van der Waals surface area contributed by atoms with Crippen LogP contribution in [0.25, 0.3) is 0 Å². The van der Waals surface area contributed by atoms with Gasteiger partial charge >= 0.3 is 0 Å². The predicted octanol–water partition coefficient (Wildman–Crippen LogP) is 2.81. The third kappa shape index (κ3) is 2.23. The SMILES string of the molecule is Cc1cc(C(=O)CBr)cc(Cl)c1N. The zero-order chi connectivity index (χ0) is 10.0. The number of rotatable bonds is 2. The van der Waals surface area contributed by atoms with Gasteiger partial charge in [0.2, 0.25) is 0 Å². The summed E-state index contributed by atoms with van der Waals surface area (Å²) in [6.45, 7) is 1.83. The molecule has 0 saturated carbocycles. The molecule has 2 nitrogen and oxygen atoms in total. The Balaban J connectivity index is 3.20. The third-order valence-electron chi connectivity index (χ3n) is 1.78. The predicted molar refractivity (Wildman–Crippen MR) is 58.7 cm³/mol. The van der Waals surface area contributed by atoms with E-state index >= 15 is 0 Å². The van der Waals surface area contributed by atoms with Crippen molar-refractivity contribution in [3.63, 3.8) is 0 Å². The lowest BCUT2D eigenvalue weighted by atomic mass is 10.1. The second-order valence-electron chi connectivity index (χ2n) is 2.75. The summed E-state index contributed by atoms with van der Waals surface area (Å²) in [7, 11) is 0. The minimum atomic E-state index is 0.00463. The highest BCUT2D eigenvalue weighted by atomic mass is 79.9. The molecule has 70 valence electrons. The molecule has 0 atom stereocenters. The summed E-state index contributed by atoms with van der Waals surface area (Å²) in [6, 6.07) is 3.33. The molecule has 0 aliphatic carbocycles. The molecular weight excluding hydrogens is 253 g/mol. The summed E-state index contributed by atoms with van der Waals surface area (Å²) in [5.74, 6) is 0.00463. The standard InChI is InChI=1S/C9H9BrClNO/c1-5-2-6(8(13)4-10)3-7(11)9(5)12/h2-3H,4,12H2,1H3. The number of ketones is 1. The monoisotopic (exact) mass is 261 g/mol. The number of nitrogens with two attached hydrogens (primary N) is 1. The van der Waals surface area contributed by atoms with Crippen LogP contribution in [0.4, 0.5) is 5.69 Å². The molecule has 4 heteroatoms. The number of carbonyl (C=O) groups excluding carboxylic acids is 1. The Morgan fingerprint density at radius 1 is 1.62 bits per heavy atom. The van der Waals surface area contributed by atoms with E-state index in [1.54, 1.807) is 12.1 Å². The molecule has 0 bridgehead atoms. The topological polar surface area (TPSA) is 43.1 Å². The Labute approximate surface area is 90.2 Å². The number of hydrogen-bond donors (Lipinski definition) is 1. The number of nitrogen functional groups attached to an aromatic ring is 1. The van der Waals surface area contributed by atoms with Gasteiger partial charge in [-0.15, -0.1) is 0 Å². The molecule has 0 saturated heterocycles. The largest absolute Gasteiger partial charge is 0.397 e. The minimum absolute atomic E-state index is 0.00463. The fraction of sp³-hybridized carbons (Fsp3) is 0.222. The summed E-state index contributed by atoms with van der Waals surface area (Å²) >= 11 is 8.92. The fourth-order valence-electron chi connectivity index (χ4n) is 0.993. The van der Waals surface area contributed by atoms with Gasteiger partial charge in [-0.3, -0.25) is 4.79 Å². The van der Waals surface area contributed by atoms with Crippen LogP contribution in [0.15, 0.2) is 12.1 Å². The van der Waals surface area contributed by atoms with Crippen molar-refractivity contribution in [1.82, 2.24) is 0 Å². The molecule has 0 radical (unpaired) electrons. The van der Waals surface area contributed by atoms with Crippen molar-refractivity contribution in [3.05, 3.63) is 28.3 Å². The average molecular weight is 263 g/mol. The van der Waals surface area contributed by atoms with E-state index in [2.05, 4.69) is 15.9 Å². The van der Waals surface area contributed by atoms with E-state index in [0.29, 0.717) is 21.6 Å². The molecule has 0 spiro atoms. The first-order valence-corrected chi connectivity index (χ1v) is 5.21. The van der Waals surface area contributed by atoms with Crippen LogP contribution < -0.4 is 5.73 Å². The maximum atomic E-state index is 11.3. The van der Waals surface area contributed by atoms with Crippen LogP contribution in [-0.4, -0.2) is 11.1 Å². The van der Waals surface area contributed by atoms with Gasteiger partial charge in [-0.2, -0.15) is 0 Å². The highest BCUT2D eigenvalue weighted by Gasteiger charge is 2.08. The molecule has 1 rings (SSSR count). The van der Waals surface area contributed by atoms with Crippen molar-refractivity contribution >= 4 is 39.0 Å². The van der Waals surface area contributed by atoms with E-state index < -0.39 is 0 Å². The Kier molecular flexibility index (Phi) is 3.33. The Morgan fingerprint density at radius 2 is 2.23 bits per heavy atom. The lowest BCUT2D eigenvalue weighted by Crippen LogP contribution is -2.02. The normalized spacial score (nSPS) is 10.1. The molecular formula is C9H9BrClNO. The average Bonchev–Trinajstić information content (AvgIpc) is 2.12. The van der Waals surface area contributed by atoms with Gasteiger partial charge in [0.15, 0.2) is 5.78 Å². The number of Topliss-reactive ketones (excluding diaryl/α,β-unsaturated/α-hetero) is 1. The Bertz CT molecular complexity index is 328. The lowest BCUT2D eigenvalue weighted by molar-refractivity contribution is 0.102. The molecule has 0 amide bonds. The van der Waals surface area contributed by atoms with Gasteiger partial charge in [-0.05, 0) is 24.6 Å². The number of anilines is 1. The van der Waals surface area contributed by atoms with Crippen molar-refractivity contribution in [2.45, 2.75) is 6.92 Å². The molecule has 0 fully saturated rings. The van der Waals surface area contributed by atoms with Crippen molar-refractivity contribution < 1.29 is 4.79 Å². The number of carbonyl (C=O) groups is 1. The molecule has 13 heavy (non-hydrogen) atoms. The van der Waals surface area contributed by atoms with Crippen molar-refractivity contribution in [2.75, 3.05) is 11.1 Å². The van der Waals surface area contributed by atoms with E-state index in [4.69, 9.17) is 17.3 Å². The first-order valence-electron chi connectivity index (χ1n) is 3.71. The van der Waals surface area contributed by atoms with E-state index in [1.807, 2.05) is 6.92 Å². The minimum Gasteiger partial charge on any atom is -0.397 e. The number of alkyl halides is 1. The molecule has 0 aromatic heterocycles. The van der Waals surface area contributed by atoms with Crippen LogP contribution >= 0.6 is 27.5 Å². The van der Waals surface area contributed by atoms with Crippen LogP contribution in [-0.2, 0) is 0 Å². The highest BCUT2D eigenvalue weighted by Crippen LogP contribution is 2.24. The van der Waals surface area contributed by atoms with Gasteiger partial charge in [0.25, 0.3) is 0 Å². The van der Waals surface area contributed by atoms with Crippen molar-refractivity contribution in [3.8, 4) is 0 Å². The number of halogens is 2. The van der Waals surface area contributed by atoms with Crippen molar-refractivity contribution in [1.29, 1.82) is 0 Å². The van der Waals surface area contributed by atoms with Gasteiger partial charge in [0.05, 0.1) is 16.0 Å². The van der Waals surface area contributed by atoms with E-state index in [-0.39, 0.29) is 5.78 Å². The summed E-state index contributed by atoms with van der Waals surface area (Å²) in [6.07, 6.45) is 0. The molecule has 2 N–H and O–H groups in total. The lowest BCUT2D eigenvalue weighted by Gasteiger charge is -2.05. The summed E-state index contributed by atoms with van der Waals surface area (Å²) in [5.41, 5.74) is 7.59. The molecule has 1 aromatic rings. The maximum Gasteiger partial charge on any atom is 0.173 e. The molecule has 0 unspecified atom stereocenters. The molecule has 1 aromatic carbocycles. The first-order chi connectivity index (χ1) is 6.06. The quantitative estimate of drug-likeness (QED) is 0.506. The smallest absolute Gasteiger partial charge is 0.173 e. The van der Waals surface area contributed by atoms with Crippen LogP contribution in [0.3, 0.4) is 0 Å². The van der Waals surface area contributed by atoms with Gasteiger partial charge in [0, 0.05) is 5.56 Å². The van der Waals surface area contributed by atoms with Crippen LogP contribution in [0, 0.1) is 6.92 Å². The van der Waals surface area contributed by atoms with Crippen LogP contribution in [0.5, 0.6) is 0 Å². The van der Waals surface area contributed by atoms with Gasteiger partial charge in [-0.25, -0.2) is 0 Å². The van der Waals surface area contributed by atoms with Gasteiger partial charge in [-0.1, -0.05) is 27.5 Å². The fourth-order valence-corrected chi connectivity index (χ4v) is 1.58.